The number of anilines is 1. The van der Waals surface area contributed by atoms with Gasteiger partial charge in [-0.15, -0.1) is 0 Å². The number of ketones is 2. The van der Waals surface area contributed by atoms with Gasteiger partial charge in [0, 0.05) is 69.8 Å². The molecule has 10 atom stereocenters. The Balaban J connectivity index is 1.18. The maximum atomic E-state index is 13.7. The number of carbonyl (C=O) groups is 9. The first kappa shape index (κ1) is 69.3. The van der Waals surface area contributed by atoms with Crippen molar-refractivity contribution in [1.82, 2.24) is 26.6 Å². The molecule has 24 heteroatoms. The van der Waals surface area contributed by atoms with Crippen molar-refractivity contribution in [2.75, 3.05) is 70.0 Å². The number of amides is 7. The van der Waals surface area contributed by atoms with Gasteiger partial charge in [0.2, 0.25) is 23.6 Å². The summed E-state index contributed by atoms with van der Waals surface area (Å²) in [6.07, 6.45) is 11.7. The molecule has 1 aromatic carbocycles. The molecule has 23 nitrogen and oxygen atoms in total. The van der Waals surface area contributed by atoms with Gasteiger partial charge >= 0.3 is 18.1 Å². The molecule has 1 spiro atoms. The van der Waals surface area contributed by atoms with E-state index in [0.29, 0.717) is 62.4 Å². The van der Waals surface area contributed by atoms with E-state index in [-0.39, 0.29) is 130 Å². The summed E-state index contributed by atoms with van der Waals surface area (Å²) < 4.78 is 39.9. The van der Waals surface area contributed by atoms with Crippen LogP contribution in [0, 0.1) is 17.8 Å². The zero-order valence-corrected chi connectivity index (χ0v) is 50.2. The highest BCUT2D eigenvalue weighted by Crippen LogP contribution is 2.43. The number of nitrogens with two attached hydrogens (primary N) is 1. The lowest BCUT2D eigenvalue weighted by atomic mass is 9.88. The number of hydrogen-bond acceptors (Lipinski definition) is 17. The average Bonchev–Trinajstić information content (AvgIpc) is 2.86. The number of hydrogen-bond donors (Lipinski definition) is 7. The number of epoxide rings is 1. The van der Waals surface area contributed by atoms with Crippen LogP contribution in [0.1, 0.15) is 112 Å². The van der Waals surface area contributed by atoms with Gasteiger partial charge in [-0.2, -0.15) is 11.8 Å². The predicted molar refractivity (Wildman–Crippen MR) is 312 cm³/mol. The van der Waals surface area contributed by atoms with Crippen LogP contribution in [0.25, 0.3) is 0 Å². The lowest BCUT2D eigenvalue weighted by molar-refractivity contribution is -0.143. The zero-order chi connectivity index (χ0) is 60.9. The third kappa shape index (κ3) is 27.8. The molecule has 3 aliphatic rings. The fourth-order valence-electron chi connectivity index (χ4n) is 9.55. The van der Waals surface area contributed by atoms with Crippen LogP contribution >= 0.6 is 11.8 Å². The second-order valence-electron chi connectivity index (χ2n) is 21.8. The van der Waals surface area contributed by atoms with Crippen LogP contribution in [-0.2, 0) is 73.3 Å². The number of alkyl carbamates (subject to hydrolysis) is 1. The predicted octanol–water partition coefficient (Wildman–Crippen LogP) is 4.89. The highest BCUT2D eigenvalue weighted by Gasteiger charge is 2.51. The molecule has 3 fully saturated rings. The van der Waals surface area contributed by atoms with Gasteiger partial charge in [0.05, 0.1) is 87.4 Å². The maximum Gasteiger partial charge on any atom is 0.407 e. The number of allylic oxidation sites excluding steroid dienone is 2. The Morgan fingerprint density at radius 3 is 2.28 bits per heavy atom. The van der Waals surface area contributed by atoms with E-state index >= 15 is 0 Å². The Morgan fingerprint density at radius 2 is 1.60 bits per heavy atom. The molecule has 0 unspecified atom stereocenters. The van der Waals surface area contributed by atoms with Gasteiger partial charge in [0.15, 0.2) is 11.6 Å². The number of nitrogens with one attached hydrogen (secondary N) is 6. The van der Waals surface area contributed by atoms with Gasteiger partial charge < -0.3 is 70.8 Å². The molecule has 0 aromatic heterocycles. The number of benzene rings is 1. The fraction of sp³-hybridized carbons (Fsp3) is 0.644. The Kier molecular flexibility index (Phi) is 30.5. The molecule has 4 rings (SSSR count). The summed E-state index contributed by atoms with van der Waals surface area (Å²) in [7, 11) is 0. The molecule has 83 heavy (non-hydrogen) atoms. The summed E-state index contributed by atoms with van der Waals surface area (Å²) in [5, 5.41) is 16.4. The SMILES string of the molecule is CSCC(=O)NCCOCCOCCC(=O)N[C@H](C(=O)C[C@@H](CCCNC(N)=O)C(=O)Nc1ccc(COC(=O)NCC(=O)C[C@@H]2C[C@@]3(CO3)C[C@@H](/C=C/C(C)=C/C[C@@H]3O[C@H](C)[C@H](NC(=O)/C=C\[C@H](C)OC(C)=O)C[C@@H]3C)O2)cc1)C(C)C. The van der Waals surface area contributed by atoms with E-state index in [2.05, 4.69) is 44.9 Å². The van der Waals surface area contributed by atoms with Crippen LogP contribution in [0.4, 0.5) is 15.3 Å². The number of ether oxygens (including phenoxy) is 7. The maximum absolute atomic E-state index is 13.7. The van der Waals surface area contributed by atoms with Crippen molar-refractivity contribution >= 4 is 70.7 Å². The fourth-order valence-corrected chi connectivity index (χ4v) is 9.92. The van der Waals surface area contributed by atoms with Crippen LogP contribution in [-0.4, -0.2) is 166 Å². The number of primary amides is 1. The molecule has 8 N–H and O–H groups in total. The Bertz CT molecular complexity index is 2400. The highest BCUT2D eigenvalue weighted by atomic mass is 32.2. The number of Topliss-reactive ketones (excluding diaryl/α,β-unsaturated/α-hetero) is 2. The lowest BCUT2D eigenvalue weighted by Gasteiger charge is -2.39. The van der Waals surface area contributed by atoms with Crippen molar-refractivity contribution in [1.29, 1.82) is 0 Å². The summed E-state index contributed by atoms with van der Waals surface area (Å²) >= 11 is 1.43. The minimum Gasteiger partial charge on any atom is -0.459 e. The van der Waals surface area contributed by atoms with Gasteiger partial charge in [-0.05, 0) is 88.3 Å². The van der Waals surface area contributed by atoms with E-state index < -0.39 is 54.1 Å². The molecule has 1 aromatic rings. The Morgan fingerprint density at radius 1 is 0.880 bits per heavy atom. The lowest BCUT2D eigenvalue weighted by Crippen LogP contribution is -2.50. The molecule has 0 saturated carbocycles. The highest BCUT2D eigenvalue weighted by molar-refractivity contribution is 7.99. The van der Waals surface area contributed by atoms with Gasteiger partial charge in [-0.1, -0.05) is 56.7 Å². The van der Waals surface area contributed by atoms with E-state index in [4.69, 9.17) is 38.9 Å². The van der Waals surface area contributed by atoms with Crippen molar-refractivity contribution in [3.8, 4) is 0 Å². The van der Waals surface area contributed by atoms with Crippen molar-refractivity contribution in [2.24, 2.45) is 23.5 Å². The molecule has 462 valence electrons. The minimum atomic E-state index is -0.872. The van der Waals surface area contributed by atoms with Crippen LogP contribution in [0.2, 0.25) is 0 Å². The van der Waals surface area contributed by atoms with E-state index in [0.717, 1.165) is 12.0 Å². The molecule has 3 aliphatic heterocycles. The first-order valence-electron chi connectivity index (χ1n) is 28.6. The van der Waals surface area contributed by atoms with E-state index in [9.17, 15) is 43.2 Å². The molecular weight excluding hydrogens is 1090 g/mol. The first-order chi connectivity index (χ1) is 39.5. The number of rotatable bonds is 36. The van der Waals surface area contributed by atoms with Gasteiger partial charge in [0.1, 0.15) is 12.7 Å². The summed E-state index contributed by atoms with van der Waals surface area (Å²) in [6.45, 7) is 14.4. The van der Waals surface area contributed by atoms with Crippen LogP contribution in [0.15, 0.2) is 60.2 Å². The molecular formula is C59H89N7O16S. The smallest absolute Gasteiger partial charge is 0.407 e. The van der Waals surface area contributed by atoms with Crippen molar-refractivity contribution in [2.45, 2.75) is 161 Å². The summed E-state index contributed by atoms with van der Waals surface area (Å²) in [6, 6.07) is 4.81. The molecule has 7 amide bonds. The Hall–Kier alpha value is -6.18. The first-order valence-corrected chi connectivity index (χ1v) is 30.0. The molecule has 3 saturated heterocycles. The molecule has 0 radical (unpaired) electrons. The number of carbonyl (C=O) groups excluding carboxylic acids is 9. The average molecular weight is 1180 g/mol. The number of esters is 1. The van der Waals surface area contributed by atoms with Crippen LogP contribution in [0.5, 0.6) is 0 Å². The standard InChI is InChI=1S/C59H89N7O16S/c1-37(2)55(66-53(71)21-24-76-26-27-77-25-23-61-54(72)35-83-8)50(69)29-44(10-9-22-62-57(60)74)56(73)64-45-16-14-43(15-17-45)34-78-58(75)63-33-46(68)30-48-32-59(36-79-59)31-47(82-48)18-11-38(3)12-19-51-39(4)28-49(41(6)81-51)65-52(70)20-13-40(5)80-42(7)67/h11-18,20,37,39-41,44,47-49,51,55H,9-10,19,21-36H2,1-8H3,(H,61,72)(H,63,75)(H,64,73)(H,65,70)(H,66,71)(H3,60,62,74)/b18-11+,20-13-,38-12+/t39-,40-,41+,44+,47+,48+,49+,51-,55-,59+/m0/s1. The largest absolute Gasteiger partial charge is 0.459 e. The van der Waals surface area contributed by atoms with Crippen LogP contribution in [0.3, 0.4) is 0 Å². The number of urea groups is 1. The third-order valence-electron chi connectivity index (χ3n) is 14.1. The Labute approximate surface area is 492 Å². The third-order valence-corrected chi connectivity index (χ3v) is 14.6. The van der Waals surface area contributed by atoms with E-state index in [1.165, 1.54) is 30.8 Å². The van der Waals surface area contributed by atoms with Crippen molar-refractivity contribution in [3.05, 3.63) is 65.8 Å². The van der Waals surface area contributed by atoms with Crippen LogP contribution < -0.4 is 37.6 Å². The topological polar surface area (TPSA) is 320 Å². The molecule has 0 bridgehead atoms. The second-order valence-corrected chi connectivity index (χ2v) is 22.7. The number of thioether (sulfide) groups is 1. The van der Waals surface area contributed by atoms with E-state index in [1.54, 1.807) is 45.0 Å². The normalized spacial score (nSPS) is 22.5. The molecule has 3 heterocycles. The second kappa shape index (κ2) is 36.5. The zero-order valence-electron chi connectivity index (χ0n) is 49.4. The molecule has 0 aliphatic carbocycles. The quantitative estimate of drug-likeness (QED) is 0.0155. The van der Waals surface area contributed by atoms with Crippen molar-refractivity contribution in [3.63, 3.8) is 0 Å². The monoisotopic (exact) mass is 1180 g/mol. The van der Waals surface area contributed by atoms with E-state index in [1.807, 2.05) is 32.3 Å². The van der Waals surface area contributed by atoms with Gasteiger partial charge in [-0.3, -0.25) is 33.6 Å². The van der Waals surface area contributed by atoms with Gasteiger partial charge in [-0.25, -0.2) is 9.59 Å². The van der Waals surface area contributed by atoms with Gasteiger partial charge in [0.25, 0.3) is 0 Å². The summed E-state index contributed by atoms with van der Waals surface area (Å²) in [4.78, 5) is 113. The minimum absolute atomic E-state index is 0.000911. The summed E-state index contributed by atoms with van der Waals surface area (Å²) in [5.41, 5.74) is 6.92. The van der Waals surface area contributed by atoms with Crippen molar-refractivity contribution < 1.29 is 76.3 Å². The summed E-state index contributed by atoms with van der Waals surface area (Å²) in [5.74, 6) is -2.71.